The number of hydrogen-bond acceptors (Lipinski definition) is 11. The number of unbranched alkanes of at least 4 members (excludes halogenated alkanes) is 16. The lowest BCUT2D eigenvalue weighted by Gasteiger charge is -2.33. The van der Waals surface area contributed by atoms with Gasteiger partial charge in [0.1, 0.15) is 19.3 Å². The number of allylic oxidation sites excluding steroid dienone is 4. The fourth-order valence-electron chi connectivity index (χ4n) is 12.5. The Labute approximate surface area is 606 Å². The van der Waals surface area contributed by atoms with Crippen LogP contribution in [-0.2, 0) is 42.1 Å². The van der Waals surface area contributed by atoms with E-state index in [4.69, 9.17) is 39.5 Å². The van der Waals surface area contributed by atoms with Crippen LogP contribution in [0.3, 0.4) is 0 Å². The minimum absolute atomic E-state index is 0. The molecule has 0 saturated heterocycles. The number of esters is 2. The molecule has 0 saturated carbocycles. The lowest BCUT2D eigenvalue weighted by molar-refractivity contribution is -0.893. The van der Waals surface area contributed by atoms with Gasteiger partial charge in [0.2, 0.25) is 0 Å². The van der Waals surface area contributed by atoms with Crippen molar-refractivity contribution in [1.82, 2.24) is 0 Å². The molecule has 0 aliphatic heterocycles. The van der Waals surface area contributed by atoms with Crippen LogP contribution in [0, 0.1) is 47.3 Å². The Balaban J connectivity index is -0.00000187. The summed E-state index contributed by atoms with van der Waals surface area (Å²) >= 11 is 0. The molecule has 0 heterocycles. The van der Waals surface area contributed by atoms with Crippen molar-refractivity contribution in [3.8, 4) is 0 Å². The molecule has 0 aliphatic rings. The molecule has 574 valence electrons. The highest BCUT2D eigenvalue weighted by atomic mass is 79.9. The average molecular weight is 1450 g/mol. The number of ether oxygens (including phenoxy) is 4. The van der Waals surface area contributed by atoms with Crippen molar-refractivity contribution in [2.24, 2.45) is 58.8 Å². The minimum Gasteiger partial charge on any atom is -1.00 e. The van der Waals surface area contributed by atoms with Crippen molar-refractivity contribution in [1.29, 1.82) is 0 Å². The molecule has 0 amide bonds. The van der Waals surface area contributed by atoms with E-state index >= 15 is 0 Å². The lowest BCUT2D eigenvalue weighted by atomic mass is 9.91. The molecule has 13 nitrogen and oxygen atoms in total. The minimum atomic E-state index is -4.40. The van der Waals surface area contributed by atoms with Crippen LogP contribution in [0.15, 0.2) is 24.3 Å². The van der Waals surface area contributed by atoms with E-state index in [2.05, 4.69) is 115 Å². The molecule has 0 bridgehead atoms. The third-order valence-corrected chi connectivity index (χ3v) is 19.9. The number of halogens is 1. The number of likely N-dealkylation sites (N-methyl/N-ethyl adjacent to an activating group) is 1. The van der Waals surface area contributed by atoms with Gasteiger partial charge >= 0.3 is 19.8 Å². The summed E-state index contributed by atoms with van der Waals surface area (Å²) in [5, 5.41) is 0. The Bertz CT molecular complexity index is 1790. The topological polar surface area (TPSA) is 179 Å². The Morgan fingerprint density at radius 3 is 1.23 bits per heavy atom. The highest BCUT2D eigenvalue weighted by Gasteiger charge is 2.27. The van der Waals surface area contributed by atoms with Crippen molar-refractivity contribution in [2.75, 3.05) is 79.9 Å². The molecule has 0 spiro atoms. The largest absolute Gasteiger partial charge is 1.00 e. The normalized spacial score (nSPS) is 15.2. The zero-order chi connectivity index (χ0) is 71.1. The highest BCUT2D eigenvalue weighted by molar-refractivity contribution is 7.47. The summed E-state index contributed by atoms with van der Waals surface area (Å²) in [7, 11) is 0.191. The van der Waals surface area contributed by atoms with Gasteiger partial charge < -0.3 is 56.8 Å². The van der Waals surface area contributed by atoms with Crippen LogP contribution in [0.25, 0.3) is 0 Å². The van der Waals surface area contributed by atoms with Crippen LogP contribution < -0.4 is 28.4 Å². The maximum Gasteiger partial charge on any atom is 0.472 e. The number of carbonyl (C=O) groups is 2. The van der Waals surface area contributed by atoms with Crippen molar-refractivity contribution in [3.63, 3.8) is 0 Å². The first-order chi connectivity index (χ1) is 45.5. The molecule has 0 aromatic heterocycles. The number of carbonyl (C=O) groups excluding carboxylic acids is 2. The number of phosphoric acid groups is 1. The molecule has 0 aromatic carbocycles. The summed E-state index contributed by atoms with van der Waals surface area (Å²) < 4.78 is 46.8. The molecule has 0 rings (SSSR count). The van der Waals surface area contributed by atoms with Crippen LogP contribution in [-0.4, -0.2) is 113 Å². The summed E-state index contributed by atoms with van der Waals surface area (Å²) in [5.41, 5.74) is 11.2. The van der Waals surface area contributed by atoms with Gasteiger partial charge in [0.15, 0.2) is 6.10 Å². The van der Waals surface area contributed by atoms with E-state index in [9.17, 15) is 19.0 Å². The van der Waals surface area contributed by atoms with Crippen molar-refractivity contribution >= 4 is 19.8 Å². The van der Waals surface area contributed by atoms with Crippen LogP contribution in [0.5, 0.6) is 0 Å². The molecular formula is C81H163BrN3O10P. The molecular weight excluding hydrogens is 1290 g/mol. The van der Waals surface area contributed by atoms with Gasteiger partial charge in [-0.2, -0.15) is 0 Å². The van der Waals surface area contributed by atoms with Crippen LogP contribution in [0.2, 0.25) is 0 Å². The molecule has 8 unspecified atom stereocenters. The summed E-state index contributed by atoms with van der Waals surface area (Å²) in [4.78, 5) is 35.7. The second-order valence-electron chi connectivity index (χ2n) is 31.2. The molecule has 15 heteroatoms. The second-order valence-corrected chi connectivity index (χ2v) is 32.6. The van der Waals surface area contributed by atoms with Gasteiger partial charge in [0.05, 0.1) is 40.5 Å². The fraction of sp³-hybridized carbons (Fsp3) is 0.926. The number of phosphoric ester groups is 1. The quantitative estimate of drug-likeness (QED) is 0.0173. The van der Waals surface area contributed by atoms with E-state index in [-0.39, 0.29) is 73.5 Å². The summed E-state index contributed by atoms with van der Waals surface area (Å²) in [6, 6.07) is 0. The van der Waals surface area contributed by atoms with Gasteiger partial charge in [-0.1, -0.05) is 300 Å². The predicted octanol–water partition coefficient (Wildman–Crippen LogP) is 19.2. The van der Waals surface area contributed by atoms with E-state index in [0.717, 1.165) is 119 Å². The molecule has 0 fully saturated rings. The first-order valence-corrected chi connectivity index (χ1v) is 41.6. The van der Waals surface area contributed by atoms with E-state index in [1.54, 1.807) is 0 Å². The van der Waals surface area contributed by atoms with Crippen LogP contribution in [0.4, 0.5) is 0 Å². The molecule has 0 radical (unpaired) electrons. The number of rotatable bonds is 69. The monoisotopic (exact) mass is 1450 g/mol. The summed E-state index contributed by atoms with van der Waals surface area (Å²) in [6.07, 6.45) is 58.0. The molecule has 0 aliphatic carbocycles. The Hall–Kier alpha value is -1.19. The third-order valence-electron chi connectivity index (χ3n) is 18.9. The summed E-state index contributed by atoms with van der Waals surface area (Å²) in [5.74, 6) is 3.95. The zero-order valence-electron chi connectivity index (χ0n) is 65.7. The van der Waals surface area contributed by atoms with Gasteiger partial charge in [-0.25, -0.2) is 4.57 Å². The molecule has 9 atom stereocenters. The van der Waals surface area contributed by atoms with E-state index in [0.29, 0.717) is 11.8 Å². The zero-order valence-corrected chi connectivity index (χ0v) is 68.2. The molecule has 5 N–H and O–H groups in total. The fourth-order valence-corrected chi connectivity index (χ4v) is 13.2. The smallest absolute Gasteiger partial charge is 0.472 e. The average Bonchev–Trinajstić information content (AvgIpc) is 1.25. The Morgan fingerprint density at radius 1 is 0.427 bits per heavy atom. The SMILES string of the molecule is CC(C)CCCC(C)CCCC(C)CCCC(C)CC(=O)OC[C@H](COP(=O)(O)OCCN)OC(=O)CC(C)CCCC(C)CCCC(C)CCCC(C)C.CCCC/C=C/CCCCCCCCOCC(C[N+](C)(C)CCCN)OCCCCCCCC/C=C/CCCC.[Br-]. The number of nitrogens with two attached hydrogens (primary N) is 2. The molecule has 0 aromatic rings. The Kier molecular flexibility index (Phi) is 71.7. The van der Waals surface area contributed by atoms with E-state index in [1.165, 1.54) is 199 Å². The van der Waals surface area contributed by atoms with Gasteiger partial charge in [-0.05, 0) is 105 Å². The van der Waals surface area contributed by atoms with Crippen molar-refractivity contribution in [3.05, 3.63) is 24.3 Å². The van der Waals surface area contributed by atoms with E-state index < -0.39 is 26.5 Å². The van der Waals surface area contributed by atoms with Crippen molar-refractivity contribution in [2.45, 2.75) is 359 Å². The maximum atomic E-state index is 12.9. The number of hydrogen-bond donors (Lipinski definition) is 3. The van der Waals surface area contributed by atoms with E-state index in [1.807, 2.05) is 6.92 Å². The van der Waals surface area contributed by atoms with Gasteiger partial charge in [-0.15, -0.1) is 0 Å². The maximum absolute atomic E-state index is 12.9. The van der Waals surface area contributed by atoms with Gasteiger partial charge in [-0.3, -0.25) is 18.6 Å². The predicted molar refractivity (Wildman–Crippen MR) is 407 cm³/mol. The standard InChI is InChI=1S/C45H90NO8P.C36H73N2O2.BrH/c1-35(2)17-11-19-37(5)21-13-23-39(7)25-15-27-41(9)31-44(47)51-33-43(34-53-55(49,50)52-30-29-46)54-45(48)32-42(10)28-16-26-40(8)24-14-22-38(6)20-12-18-36(3)4;1-5-7-9-11-13-15-17-19-21-23-25-27-32-39-35-36(34-38(3,4)31-29-30-37)40-33-28-26-24-22-20-18-16-14-12-10-8-6-2;/h35-43H,11-34,46H2,1-10H3,(H,49,50);11-14,36H,5-10,15-35,37H2,1-4H3;1H/q;+1;/p-1/b;13-11+,14-12+;/t37?,38?,39?,40?,41?,42?,43-;;/m1../s1. The lowest BCUT2D eigenvalue weighted by Crippen LogP contribution is -3.00. The van der Waals surface area contributed by atoms with Crippen molar-refractivity contribution < 1.29 is 68.5 Å². The third kappa shape index (κ3) is 72.6. The second kappa shape index (κ2) is 69.5. The Morgan fingerprint density at radius 2 is 0.812 bits per heavy atom. The van der Waals surface area contributed by atoms with Gasteiger partial charge in [0.25, 0.3) is 0 Å². The van der Waals surface area contributed by atoms with Gasteiger partial charge in [0, 0.05) is 39.0 Å². The summed E-state index contributed by atoms with van der Waals surface area (Å²) in [6.45, 7) is 31.7. The first kappa shape index (κ1) is 99.0. The number of nitrogens with zero attached hydrogens (tertiary/aromatic N) is 1. The molecule has 96 heavy (non-hydrogen) atoms. The highest BCUT2D eigenvalue weighted by Crippen LogP contribution is 2.43. The first-order valence-electron chi connectivity index (χ1n) is 40.2. The van der Waals surface area contributed by atoms with Crippen LogP contribution >= 0.6 is 7.82 Å². The number of quaternary nitrogens is 1. The van der Waals surface area contributed by atoms with Crippen LogP contribution in [0.1, 0.15) is 346 Å².